The summed E-state index contributed by atoms with van der Waals surface area (Å²) in [5, 5.41) is 2.95. The molecule has 144 valence electrons. The highest BCUT2D eigenvalue weighted by Gasteiger charge is 2.20. The van der Waals surface area contributed by atoms with Crippen molar-refractivity contribution in [3.63, 3.8) is 0 Å². The molecule has 0 heterocycles. The zero-order valence-electron chi connectivity index (χ0n) is 16.7. The predicted octanol–water partition coefficient (Wildman–Crippen LogP) is 4.37. The maximum absolute atomic E-state index is 12.6. The Bertz CT molecular complexity index is 792. The van der Waals surface area contributed by atoms with E-state index in [9.17, 15) is 9.59 Å². The lowest BCUT2D eigenvalue weighted by Gasteiger charge is -2.24. The van der Waals surface area contributed by atoms with Gasteiger partial charge in [-0.1, -0.05) is 39.0 Å². The van der Waals surface area contributed by atoms with Crippen LogP contribution >= 0.6 is 0 Å². The van der Waals surface area contributed by atoms with Crippen LogP contribution in [-0.2, 0) is 15.0 Å². The summed E-state index contributed by atoms with van der Waals surface area (Å²) in [7, 11) is 0. The van der Waals surface area contributed by atoms with Gasteiger partial charge in [-0.05, 0) is 48.2 Å². The second-order valence-corrected chi connectivity index (χ2v) is 7.38. The SMILES string of the molecule is CCOc1ccc(N(CC(=O)Nc2ccccc2C(C)(C)C)C(C)=O)cc1. The van der Waals surface area contributed by atoms with Gasteiger partial charge in [0.2, 0.25) is 11.8 Å². The molecule has 1 N–H and O–H groups in total. The summed E-state index contributed by atoms with van der Waals surface area (Å²) in [4.78, 5) is 26.2. The number of hydrogen-bond donors (Lipinski definition) is 1. The standard InChI is InChI=1S/C22H28N2O3/c1-6-27-18-13-11-17(12-14-18)24(16(2)25)15-21(26)23-20-10-8-7-9-19(20)22(3,4)5/h7-14H,6,15H2,1-5H3,(H,23,26). The molecule has 5 heteroatoms. The molecule has 0 aliphatic rings. The van der Waals surface area contributed by atoms with E-state index in [0.29, 0.717) is 12.3 Å². The molecule has 0 spiro atoms. The first-order valence-electron chi connectivity index (χ1n) is 9.12. The number of para-hydroxylation sites is 1. The van der Waals surface area contributed by atoms with E-state index in [-0.39, 0.29) is 23.8 Å². The van der Waals surface area contributed by atoms with Gasteiger partial charge >= 0.3 is 0 Å². The van der Waals surface area contributed by atoms with Crippen LogP contribution in [0.4, 0.5) is 11.4 Å². The number of nitrogens with zero attached hydrogens (tertiary/aromatic N) is 1. The number of benzene rings is 2. The van der Waals surface area contributed by atoms with Crippen LogP contribution in [0.15, 0.2) is 48.5 Å². The van der Waals surface area contributed by atoms with Crippen molar-refractivity contribution in [1.82, 2.24) is 0 Å². The van der Waals surface area contributed by atoms with Crippen LogP contribution in [0, 0.1) is 0 Å². The molecule has 0 aromatic heterocycles. The summed E-state index contributed by atoms with van der Waals surface area (Å²) < 4.78 is 5.42. The fraction of sp³-hybridized carbons (Fsp3) is 0.364. The van der Waals surface area contributed by atoms with Crippen LogP contribution in [0.25, 0.3) is 0 Å². The van der Waals surface area contributed by atoms with Crippen molar-refractivity contribution in [1.29, 1.82) is 0 Å². The number of anilines is 2. The lowest BCUT2D eigenvalue weighted by atomic mass is 9.86. The second-order valence-electron chi connectivity index (χ2n) is 7.38. The fourth-order valence-corrected chi connectivity index (χ4v) is 2.85. The van der Waals surface area contributed by atoms with Crippen molar-refractivity contribution >= 4 is 23.2 Å². The summed E-state index contributed by atoms with van der Waals surface area (Å²) in [6.07, 6.45) is 0. The molecule has 0 aliphatic carbocycles. The Labute approximate surface area is 161 Å². The molecular formula is C22H28N2O3. The van der Waals surface area contributed by atoms with Crippen molar-refractivity contribution in [2.24, 2.45) is 0 Å². The van der Waals surface area contributed by atoms with Crippen LogP contribution in [-0.4, -0.2) is 25.0 Å². The normalized spacial score (nSPS) is 11.0. The van der Waals surface area contributed by atoms with Crippen molar-refractivity contribution < 1.29 is 14.3 Å². The fourth-order valence-electron chi connectivity index (χ4n) is 2.85. The molecule has 0 saturated heterocycles. The number of amides is 2. The predicted molar refractivity (Wildman–Crippen MR) is 109 cm³/mol. The summed E-state index contributed by atoms with van der Waals surface area (Å²) in [6.45, 7) is 10.2. The third kappa shape index (κ3) is 5.58. The van der Waals surface area contributed by atoms with Crippen LogP contribution in [0.1, 0.15) is 40.2 Å². The first kappa shape index (κ1) is 20.5. The van der Waals surface area contributed by atoms with Crippen LogP contribution in [0.3, 0.4) is 0 Å². The van der Waals surface area contributed by atoms with Crippen LogP contribution < -0.4 is 15.0 Å². The van der Waals surface area contributed by atoms with E-state index in [4.69, 9.17) is 4.74 Å². The monoisotopic (exact) mass is 368 g/mol. The minimum absolute atomic E-state index is 0.0538. The van der Waals surface area contributed by atoms with Gasteiger partial charge in [0.05, 0.1) is 6.61 Å². The zero-order chi connectivity index (χ0) is 20.0. The number of carbonyl (C=O) groups is 2. The Morgan fingerprint density at radius 1 is 1.04 bits per heavy atom. The highest BCUT2D eigenvalue weighted by atomic mass is 16.5. The lowest BCUT2D eigenvalue weighted by molar-refractivity contribution is -0.120. The van der Waals surface area contributed by atoms with E-state index >= 15 is 0 Å². The molecule has 0 aliphatic heterocycles. The van der Waals surface area contributed by atoms with Gasteiger partial charge in [-0.25, -0.2) is 0 Å². The first-order chi connectivity index (χ1) is 12.7. The molecule has 0 unspecified atom stereocenters. The maximum Gasteiger partial charge on any atom is 0.244 e. The highest BCUT2D eigenvalue weighted by molar-refractivity contribution is 6.02. The molecule has 2 aromatic rings. The Morgan fingerprint density at radius 2 is 1.67 bits per heavy atom. The number of rotatable bonds is 6. The van der Waals surface area contributed by atoms with E-state index in [0.717, 1.165) is 17.0 Å². The van der Waals surface area contributed by atoms with Gasteiger partial charge in [0.1, 0.15) is 12.3 Å². The number of hydrogen-bond acceptors (Lipinski definition) is 3. The smallest absolute Gasteiger partial charge is 0.244 e. The molecule has 2 rings (SSSR count). The Kier molecular flexibility index (Phi) is 6.61. The van der Waals surface area contributed by atoms with E-state index in [1.165, 1.54) is 11.8 Å². The van der Waals surface area contributed by atoms with Gasteiger partial charge in [-0.2, -0.15) is 0 Å². The molecule has 5 nitrogen and oxygen atoms in total. The average molecular weight is 368 g/mol. The van der Waals surface area contributed by atoms with Gasteiger partial charge in [0, 0.05) is 18.3 Å². The van der Waals surface area contributed by atoms with Gasteiger partial charge < -0.3 is 15.0 Å². The van der Waals surface area contributed by atoms with Crippen LogP contribution in [0.5, 0.6) is 5.75 Å². The Hall–Kier alpha value is -2.82. The summed E-state index contributed by atoms with van der Waals surface area (Å²) in [6, 6.07) is 14.9. The molecule has 0 fully saturated rings. The summed E-state index contributed by atoms with van der Waals surface area (Å²) in [5.74, 6) is 0.294. The number of nitrogens with one attached hydrogen (secondary N) is 1. The van der Waals surface area contributed by atoms with Gasteiger partial charge in [0.25, 0.3) is 0 Å². The molecule has 27 heavy (non-hydrogen) atoms. The zero-order valence-corrected chi connectivity index (χ0v) is 16.7. The van der Waals surface area contributed by atoms with Gasteiger partial charge in [0.15, 0.2) is 0 Å². The lowest BCUT2D eigenvalue weighted by Crippen LogP contribution is -2.37. The minimum Gasteiger partial charge on any atom is -0.494 e. The minimum atomic E-state index is -0.240. The molecule has 0 saturated carbocycles. The van der Waals surface area contributed by atoms with Crippen molar-refractivity contribution in [2.75, 3.05) is 23.4 Å². The molecule has 0 bridgehead atoms. The molecule has 2 amide bonds. The van der Waals surface area contributed by atoms with Crippen molar-refractivity contribution in [2.45, 2.75) is 40.0 Å². The first-order valence-corrected chi connectivity index (χ1v) is 9.12. The third-order valence-electron chi connectivity index (χ3n) is 4.15. The molecule has 0 atom stereocenters. The third-order valence-corrected chi connectivity index (χ3v) is 4.15. The molecule has 0 radical (unpaired) electrons. The Balaban J connectivity index is 2.16. The van der Waals surface area contributed by atoms with Crippen molar-refractivity contribution in [3.05, 3.63) is 54.1 Å². The van der Waals surface area contributed by atoms with E-state index in [1.54, 1.807) is 24.3 Å². The largest absolute Gasteiger partial charge is 0.494 e. The van der Waals surface area contributed by atoms with E-state index in [2.05, 4.69) is 26.1 Å². The van der Waals surface area contributed by atoms with Crippen LogP contribution in [0.2, 0.25) is 0 Å². The van der Waals surface area contributed by atoms with Crippen molar-refractivity contribution in [3.8, 4) is 5.75 Å². The summed E-state index contributed by atoms with van der Waals surface area (Å²) >= 11 is 0. The highest BCUT2D eigenvalue weighted by Crippen LogP contribution is 2.29. The van der Waals surface area contributed by atoms with E-state index in [1.807, 2.05) is 31.2 Å². The van der Waals surface area contributed by atoms with Gasteiger partial charge in [-0.15, -0.1) is 0 Å². The number of carbonyl (C=O) groups excluding carboxylic acids is 2. The molecular weight excluding hydrogens is 340 g/mol. The number of ether oxygens (including phenoxy) is 1. The second kappa shape index (κ2) is 8.71. The van der Waals surface area contributed by atoms with E-state index < -0.39 is 0 Å². The quantitative estimate of drug-likeness (QED) is 0.823. The summed E-state index contributed by atoms with van der Waals surface area (Å²) in [5.41, 5.74) is 2.38. The Morgan fingerprint density at radius 3 is 2.22 bits per heavy atom. The topological polar surface area (TPSA) is 58.6 Å². The van der Waals surface area contributed by atoms with Gasteiger partial charge in [-0.3, -0.25) is 9.59 Å². The molecule has 2 aromatic carbocycles. The average Bonchev–Trinajstić information content (AvgIpc) is 2.60. The maximum atomic E-state index is 12.6.